The quantitative estimate of drug-likeness (QED) is 0.700. The number of hydrogen-bond acceptors (Lipinski definition) is 4. The second kappa shape index (κ2) is 7.73. The molecular formula is C15H23ClN4O. The van der Waals surface area contributed by atoms with E-state index in [1.165, 1.54) is 0 Å². The fourth-order valence-electron chi connectivity index (χ4n) is 2.28. The third-order valence-electron chi connectivity index (χ3n) is 3.51. The Kier molecular flexibility index (Phi) is 5.96. The van der Waals surface area contributed by atoms with Crippen molar-refractivity contribution < 1.29 is 4.74 Å². The van der Waals surface area contributed by atoms with Crippen LogP contribution in [0.1, 0.15) is 11.5 Å². The van der Waals surface area contributed by atoms with Crippen molar-refractivity contribution in [1.29, 1.82) is 0 Å². The Bertz CT molecular complexity index is 584. The van der Waals surface area contributed by atoms with Gasteiger partial charge in [-0.2, -0.15) is 0 Å². The third kappa shape index (κ3) is 4.15. The number of fused-ring (bicyclic) bond motifs is 1. The third-order valence-corrected chi connectivity index (χ3v) is 3.70. The van der Waals surface area contributed by atoms with Gasteiger partial charge in [0.2, 0.25) is 0 Å². The molecule has 0 saturated heterocycles. The summed E-state index contributed by atoms with van der Waals surface area (Å²) in [4.78, 5) is 11.5. The largest absolute Gasteiger partial charge is 0.383 e. The fraction of sp³-hybridized carbons (Fsp3) is 0.600. The Morgan fingerprint density at radius 1 is 1.29 bits per heavy atom. The lowest BCUT2D eigenvalue weighted by Crippen LogP contribution is -2.27. The summed E-state index contributed by atoms with van der Waals surface area (Å²) in [6.07, 6.45) is 0.763. The number of aromatic nitrogens is 3. The van der Waals surface area contributed by atoms with Crippen LogP contribution >= 0.6 is 11.6 Å². The lowest BCUT2D eigenvalue weighted by molar-refractivity contribution is 0.159. The summed E-state index contributed by atoms with van der Waals surface area (Å²) in [5.74, 6) is 1.58. The molecule has 0 fully saturated rings. The highest BCUT2D eigenvalue weighted by molar-refractivity contribution is 6.17. The molecule has 0 saturated carbocycles. The fourth-order valence-corrected chi connectivity index (χ4v) is 2.45. The van der Waals surface area contributed by atoms with E-state index in [4.69, 9.17) is 16.3 Å². The molecule has 0 unspecified atom stereocenters. The molecule has 116 valence electrons. The Balaban J connectivity index is 2.19. The van der Waals surface area contributed by atoms with E-state index in [0.717, 1.165) is 55.3 Å². The number of hydrogen-bond donors (Lipinski definition) is 0. The molecule has 0 radical (unpaired) electrons. The van der Waals surface area contributed by atoms with Gasteiger partial charge < -0.3 is 14.2 Å². The highest BCUT2D eigenvalue weighted by Gasteiger charge is 2.12. The molecule has 2 aromatic heterocycles. The predicted octanol–water partition coefficient (Wildman–Crippen LogP) is 2.10. The van der Waals surface area contributed by atoms with Crippen LogP contribution in [0.4, 0.5) is 0 Å². The Morgan fingerprint density at radius 2 is 2.10 bits per heavy atom. The molecule has 2 rings (SSSR count). The number of halogens is 1. The molecule has 2 aromatic rings. The van der Waals surface area contributed by atoms with Gasteiger partial charge in [0.25, 0.3) is 0 Å². The number of rotatable bonds is 8. The molecule has 21 heavy (non-hydrogen) atoms. The molecule has 0 spiro atoms. The van der Waals surface area contributed by atoms with Gasteiger partial charge in [0.1, 0.15) is 11.3 Å². The van der Waals surface area contributed by atoms with Gasteiger partial charge >= 0.3 is 0 Å². The van der Waals surface area contributed by atoms with Crippen molar-refractivity contribution in [2.45, 2.75) is 19.9 Å². The molecule has 0 aliphatic rings. The summed E-state index contributed by atoms with van der Waals surface area (Å²) >= 11 is 5.90. The van der Waals surface area contributed by atoms with Gasteiger partial charge in [-0.3, -0.25) is 0 Å². The van der Waals surface area contributed by atoms with Crippen LogP contribution in [0.2, 0.25) is 0 Å². The first-order valence-corrected chi connectivity index (χ1v) is 7.75. The molecule has 6 heteroatoms. The summed E-state index contributed by atoms with van der Waals surface area (Å²) in [6, 6.07) is 4.02. The van der Waals surface area contributed by atoms with Gasteiger partial charge in [-0.15, -0.1) is 11.6 Å². The second-order valence-electron chi connectivity index (χ2n) is 5.21. The van der Waals surface area contributed by atoms with Gasteiger partial charge in [-0.05, 0) is 26.1 Å². The van der Waals surface area contributed by atoms with Crippen molar-refractivity contribution in [3.05, 3.63) is 23.7 Å². The van der Waals surface area contributed by atoms with E-state index in [1.807, 2.05) is 19.1 Å². The number of ether oxygens (including phenoxy) is 1. The van der Waals surface area contributed by atoms with Gasteiger partial charge in [0, 0.05) is 44.7 Å². The SMILES string of the molecule is COCCN(C)CCn1c(CCCl)nc2ccc(C)nc21. The highest BCUT2D eigenvalue weighted by Crippen LogP contribution is 2.16. The summed E-state index contributed by atoms with van der Waals surface area (Å²) in [5.41, 5.74) is 2.91. The van der Waals surface area contributed by atoms with E-state index < -0.39 is 0 Å². The minimum absolute atomic E-state index is 0.571. The lowest BCUT2D eigenvalue weighted by Gasteiger charge is -2.17. The molecule has 0 aliphatic heterocycles. The average molecular weight is 311 g/mol. The van der Waals surface area contributed by atoms with Gasteiger partial charge in [-0.1, -0.05) is 0 Å². The minimum Gasteiger partial charge on any atom is -0.383 e. The van der Waals surface area contributed by atoms with Crippen LogP contribution in [0.3, 0.4) is 0 Å². The summed E-state index contributed by atoms with van der Waals surface area (Å²) in [7, 11) is 3.82. The molecule has 0 aliphatic carbocycles. The maximum absolute atomic E-state index is 5.90. The monoisotopic (exact) mass is 310 g/mol. The maximum Gasteiger partial charge on any atom is 0.160 e. The number of pyridine rings is 1. The topological polar surface area (TPSA) is 43.2 Å². The molecule has 0 atom stereocenters. The second-order valence-corrected chi connectivity index (χ2v) is 5.59. The minimum atomic E-state index is 0.571. The lowest BCUT2D eigenvalue weighted by atomic mass is 10.3. The standard InChI is InChI=1S/C15H23ClN4O/c1-12-4-5-13-15(17-12)20(14(18-13)6-7-16)9-8-19(2)10-11-21-3/h4-5H,6-11H2,1-3H3. The zero-order chi connectivity index (χ0) is 15.2. The van der Waals surface area contributed by atoms with Gasteiger partial charge in [0.05, 0.1) is 6.61 Å². The van der Waals surface area contributed by atoms with Crippen LogP contribution < -0.4 is 0 Å². The number of aryl methyl sites for hydroxylation is 2. The van der Waals surface area contributed by atoms with Crippen LogP contribution in [-0.4, -0.2) is 59.2 Å². The number of alkyl halides is 1. The van der Waals surface area contributed by atoms with E-state index in [-0.39, 0.29) is 0 Å². The van der Waals surface area contributed by atoms with Crippen LogP contribution in [0.5, 0.6) is 0 Å². The van der Waals surface area contributed by atoms with Crippen LogP contribution in [0, 0.1) is 6.92 Å². The molecule has 0 bridgehead atoms. The number of methoxy groups -OCH3 is 1. The normalized spacial score (nSPS) is 11.7. The summed E-state index contributed by atoms with van der Waals surface area (Å²) < 4.78 is 7.30. The zero-order valence-corrected chi connectivity index (χ0v) is 13.7. The predicted molar refractivity (Wildman–Crippen MR) is 86.1 cm³/mol. The molecule has 2 heterocycles. The first-order chi connectivity index (χ1) is 10.2. The molecule has 0 N–H and O–H groups in total. The van der Waals surface area contributed by atoms with E-state index >= 15 is 0 Å². The maximum atomic E-state index is 5.90. The molecule has 5 nitrogen and oxygen atoms in total. The highest BCUT2D eigenvalue weighted by atomic mass is 35.5. The van der Waals surface area contributed by atoms with Crippen molar-refractivity contribution in [2.24, 2.45) is 0 Å². The van der Waals surface area contributed by atoms with Crippen molar-refractivity contribution in [3.8, 4) is 0 Å². The first kappa shape index (κ1) is 16.2. The number of likely N-dealkylation sites (N-methyl/N-ethyl adjacent to an activating group) is 1. The first-order valence-electron chi connectivity index (χ1n) is 7.22. The van der Waals surface area contributed by atoms with Crippen molar-refractivity contribution in [2.75, 3.05) is 39.7 Å². The summed E-state index contributed by atoms with van der Waals surface area (Å²) in [6.45, 7) is 5.45. The zero-order valence-electron chi connectivity index (χ0n) is 13.0. The van der Waals surface area contributed by atoms with Crippen LogP contribution in [0.25, 0.3) is 11.2 Å². The Morgan fingerprint density at radius 3 is 2.81 bits per heavy atom. The average Bonchev–Trinajstić information content (AvgIpc) is 2.80. The smallest absolute Gasteiger partial charge is 0.160 e. The molecular weight excluding hydrogens is 288 g/mol. The van der Waals surface area contributed by atoms with E-state index in [1.54, 1.807) is 7.11 Å². The van der Waals surface area contributed by atoms with Crippen molar-refractivity contribution >= 4 is 22.8 Å². The number of nitrogens with zero attached hydrogens (tertiary/aromatic N) is 4. The Hall–Kier alpha value is -1.17. The number of imidazole rings is 1. The van der Waals surface area contributed by atoms with E-state index in [2.05, 4.69) is 26.5 Å². The van der Waals surface area contributed by atoms with E-state index in [0.29, 0.717) is 5.88 Å². The molecule has 0 aromatic carbocycles. The van der Waals surface area contributed by atoms with Crippen molar-refractivity contribution in [3.63, 3.8) is 0 Å². The summed E-state index contributed by atoms with van der Waals surface area (Å²) in [5, 5.41) is 0. The van der Waals surface area contributed by atoms with Crippen LogP contribution in [0.15, 0.2) is 12.1 Å². The molecule has 0 amide bonds. The van der Waals surface area contributed by atoms with Crippen LogP contribution in [-0.2, 0) is 17.7 Å². The van der Waals surface area contributed by atoms with Crippen molar-refractivity contribution in [1.82, 2.24) is 19.4 Å². The van der Waals surface area contributed by atoms with E-state index in [9.17, 15) is 0 Å². The Labute approximate surface area is 130 Å². The van der Waals surface area contributed by atoms with Gasteiger partial charge in [-0.25, -0.2) is 9.97 Å². The van der Waals surface area contributed by atoms with Gasteiger partial charge in [0.15, 0.2) is 5.65 Å².